The number of carbonyl (C=O) groups is 1. The Balaban J connectivity index is 2.67. The van der Waals surface area contributed by atoms with Crippen molar-refractivity contribution >= 4 is 17.4 Å². The summed E-state index contributed by atoms with van der Waals surface area (Å²) in [6, 6.07) is 6.86. The van der Waals surface area contributed by atoms with Crippen LogP contribution < -0.4 is 26.6 Å². The van der Waals surface area contributed by atoms with Crippen LogP contribution in [0.2, 0.25) is 0 Å². The minimum Gasteiger partial charge on any atom is -0.493 e. The molecule has 8 nitrogen and oxygen atoms in total. The molecule has 0 bridgehead atoms. The number of benzene rings is 1. The third-order valence-corrected chi connectivity index (χ3v) is 4.24. The van der Waals surface area contributed by atoms with Crippen molar-refractivity contribution in [2.75, 3.05) is 23.8 Å². The van der Waals surface area contributed by atoms with E-state index in [1.54, 1.807) is 24.3 Å². The minimum atomic E-state index is -0.685. The van der Waals surface area contributed by atoms with Gasteiger partial charge in [-0.05, 0) is 30.9 Å². The summed E-state index contributed by atoms with van der Waals surface area (Å²) in [7, 11) is 0. The summed E-state index contributed by atoms with van der Waals surface area (Å²) in [4.78, 5) is 42.1. The van der Waals surface area contributed by atoms with Crippen molar-refractivity contribution in [3.05, 3.63) is 50.7 Å². The van der Waals surface area contributed by atoms with Gasteiger partial charge in [0.25, 0.3) is 11.5 Å². The molecule has 2 rings (SSSR count). The molecule has 0 spiro atoms. The number of anilines is 2. The Morgan fingerprint density at radius 2 is 1.83 bits per heavy atom. The lowest BCUT2D eigenvalue weighted by molar-refractivity contribution is 0.0979. The van der Waals surface area contributed by atoms with E-state index in [0.717, 1.165) is 0 Å². The first-order valence-electron chi connectivity index (χ1n) is 9.83. The Hall–Kier alpha value is -3.03. The quantitative estimate of drug-likeness (QED) is 0.705. The number of nitrogens with zero attached hydrogens (tertiary/aromatic N) is 2. The molecule has 29 heavy (non-hydrogen) atoms. The van der Waals surface area contributed by atoms with E-state index in [4.69, 9.17) is 10.5 Å². The molecule has 0 aliphatic rings. The number of nitrogens with one attached hydrogen (secondary N) is 1. The zero-order chi connectivity index (χ0) is 21.7. The molecule has 0 atom stereocenters. The fourth-order valence-electron chi connectivity index (χ4n) is 3.10. The SMILES string of the molecule is CCOc1ccccc1C(=O)N(CC(C)C)c1c(N)n(CC(C)C)c(=O)[nH]c1=O. The van der Waals surface area contributed by atoms with Crippen molar-refractivity contribution in [2.24, 2.45) is 11.8 Å². The predicted molar refractivity (Wildman–Crippen MR) is 115 cm³/mol. The van der Waals surface area contributed by atoms with Gasteiger partial charge >= 0.3 is 5.69 Å². The fraction of sp³-hybridized carbons (Fsp3) is 0.476. The smallest absolute Gasteiger partial charge is 0.330 e. The lowest BCUT2D eigenvalue weighted by Gasteiger charge is -2.27. The van der Waals surface area contributed by atoms with Crippen LogP contribution in [0.4, 0.5) is 11.5 Å². The number of para-hydroxylation sites is 1. The summed E-state index contributed by atoms with van der Waals surface area (Å²) in [6.07, 6.45) is 0. The fourth-order valence-corrected chi connectivity index (χ4v) is 3.10. The topological polar surface area (TPSA) is 110 Å². The Morgan fingerprint density at radius 1 is 1.17 bits per heavy atom. The van der Waals surface area contributed by atoms with Gasteiger partial charge < -0.3 is 15.4 Å². The molecule has 0 aliphatic heterocycles. The second-order valence-electron chi connectivity index (χ2n) is 7.74. The van der Waals surface area contributed by atoms with Gasteiger partial charge in [0.05, 0.1) is 12.2 Å². The molecule has 1 heterocycles. The number of H-pyrrole nitrogens is 1. The number of hydrogen-bond acceptors (Lipinski definition) is 5. The van der Waals surface area contributed by atoms with Crippen molar-refractivity contribution in [1.29, 1.82) is 0 Å². The molecule has 1 amide bonds. The highest BCUT2D eigenvalue weighted by molar-refractivity contribution is 6.08. The van der Waals surface area contributed by atoms with Gasteiger partial charge in [0.1, 0.15) is 11.6 Å². The van der Waals surface area contributed by atoms with Gasteiger partial charge in [-0.25, -0.2) is 4.79 Å². The Kier molecular flexibility index (Phi) is 7.25. The summed E-state index contributed by atoms with van der Waals surface area (Å²) >= 11 is 0. The number of carbonyl (C=O) groups excluding carboxylic acids is 1. The van der Waals surface area contributed by atoms with Gasteiger partial charge in [-0.2, -0.15) is 0 Å². The number of hydrogen-bond donors (Lipinski definition) is 2. The van der Waals surface area contributed by atoms with Gasteiger partial charge in [0.2, 0.25) is 0 Å². The number of aromatic amines is 1. The van der Waals surface area contributed by atoms with Crippen molar-refractivity contribution in [1.82, 2.24) is 9.55 Å². The summed E-state index contributed by atoms with van der Waals surface area (Å²) in [5, 5.41) is 0. The monoisotopic (exact) mass is 402 g/mol. The number of ether oxygens (including phenoxy) is 1. The van der Waals surface area contributed by atoms with E-state index in [1.807, 2.05) is 34.6 Å². The highest BCUT2D eigenvalue weighted by Gasteiger charge is 2.27. The lowest BCUT2D eigenvalue weighted by atomic mass is 10.1. The molecule has 0 fully saturated rings. The maximum absolute atomic E-state index is 13.4. The van der Waals surface area contributed by atoms with E-state index in [0.29, 0.717) is 24.5 Å². The van der Waals surface area contributed by atoms with Crippen LogP contribution in [0, 0.1) is 11.8 Å². The average Bonchev–Trinajstić information content (AvgIpc) is 2.64. The van der Waals surface area contributed by atoms with Crippen LogP contribution in [-0.2, 0) is 6.54 Å². The molecule has 1 aromatic carbocycles. The van der Waals surface area contributed by atoms with Crippen LogP contribution >= 0.6 is 0 Å². The number of nitrogens with two attached hydrogens (primary N) is 1. The first-order valence-corrected chi connectivity index (χ1v) is 9.83. The predicted octanol–water partition coefficient (Wildman–Crippen LogP) is 2.48. The highest BCUT2D eigenvalue weighted by Crippen LogP contribution is 2.25. The normalized spacial score (nSPS) is 11.1. The third kappa shape index (κ3) is 5.07. The van der Waals surface area contributed by atoms with Crippen molar-refractivity contribution in [3.63, 3.8) is 0 Å². The number of rotatable bonds is 8. The lowest BCUT2D eigenvalue weighted by Crippen LogP contribution is -2.43. The Labute approximate surface area is 170 Å². The molecule has 2 aromatic rings. The van der Waals surface area contributed by atoms with Crippen LogP contribution in [-0.4, -0.2) is 28.6 Å². The molecule has 0 saturated carbocycles. The van der Waals surface area contributed by atoms with Crippen molar-refractivity contribution in [2.45, 2.75) is 41.2 Å². The van der Waals surface area contributed by atoms with E-state index in [9.17, 15) is 14.4 Å². The molecule has 0 radical (unpaired) electrons. The largest absolute Gasteiger partial charge is 0.493 e. The van der Waals surface area contributed by atoms with Crippen molar-refractivity contribution in [3.8, 4) is 5.75 Å². The summed E-state index contributed by atoms with van der Waals surface area (Å²) in [6.45, 7) is 10.6. The second-order valence-corrected chi connectivity index (χ2v) is 7.74. The van der Waals surface area contributed by atoms with Gasteiger partial charge in [0, 0.05) is 13.1 Å². The van der Waals surface area contributed by atoms with E-state index < -0.39 is 17.2 Å². The van der Waals surface area contributed by atoms with E-state index in [1.165, 1.54) is 9.47 Å². The maximum Gasteiger partial charge on any atom is 0.330 e. The Bertz CT molecular complexity index is 975. The first kappa shape index (κ1) is 22.3. The standard InChI is InChI=1S/C21H30N4O4/c1-6-29-16-10-8-7-9-15(16)20(27)24(11-13(2)3)17-18(22)25(12-14(4)5)21(28)23-19(17)26/h7-10,13-14H,6,11-12,22H2,1-5H3,(H,23,26,28). The molecular weight excluding hydrogens is 372 g/mol. The number of amides is 1. The van der Waals surface area contributed by atoms with Gasteiger partial charge in [0.15, 0.2) is 5.69 Å². The maximum atomic E-state index is 13.4. The van der Waals surface area contributed by atoms with E-state index in [2.05, 4.69) is 4.98 Å². The first-order chi connectivity index (χ1) is 13.7. The molecular formula is C21H30N4O4. The Morgan fingerprint density at radius 3 is 2.41 bits per heavy atom. The van der Waals surface area contributed by atoms with Gasteiger partial charge in [-0.1, -0.05) is 39.8 Å². The minimum absolute atomic E-state index is 0.0182. The molecule has 0 unspecified atom stereocenters. The van der Waals surface area contributed by atoms with Crippen LogP contribution in [0.3, 0.4) is 0 Å². The molecule has 3 N–H and O–H groups in total. The summed E-state index contributed by atoms with van der Waals surface area (Å²) in [5.41, 5.74) is 5.28. The van der Waals surface area contributed by atoms with Crippen molar-refractivity contribution < 1.29 is 9.53 Å². The van der Waals surface area contributed by atoms with Crippen LogP contribution in [0.5, 0.6) is 5.75 Å². The zero-order valence-electron chi connectivity index (χ0n) is 17.7. The third-order valence-electron chi connectivity index (χ3n) is 4.24. The highest BCUT2D eigenvalue weighted by atomic mass is 16.5. The average molecular weight is 402 g/mol. The van der Waals surface area contributed by atoms with E-state index in [-0.39, 0.29) is 29.9 Å². The van der Waals surface area contributed by atoms with Crippen LogP contribution in [0.25, 0.3) is 0 Å². The number of aromatic nitrogens is 2. The molecule has 1 aromatic heterocycles. The second kappa shape index (κ2) is 9.45. The summed E-state index contributed by atoms with van der Waals surface area (Å²) < 4.78 is 6.89. The van der Waals surface area contributed by atoms with Gasteiger partial charge in [-0.3, -0.25) is 19.1 Å². The van der Waals surface area contributed by atoms with E-state index >= 15 is 0 Å². The summed E-state index contributed by atoms with van der Waals surface area (Å²) in [5.74, 6) is 0.188. The van der Waals surface area contributed by atoms with Gasteiger partial charge in [-0.15, -0.1) is 0 Å². The zero-order valence-corrected chi connectivity index (χ0v) is 17.7. The molecule has 8 heteroatoms. The van der Waals surface area contributed by atoms with Crippen LogP contribution in [0.15, 0.2) is 33.9 Å². The molecule has 158 valence electrons. The number of nitrogen functional groups attached to an aromatic ring is 1. The molecule has 0 aliphatic carbocycles. The van der Waals surface area contributed by atoms with Crippen LogP contribution in [0.1, 0.15) is 45.0 Å². The molecule has 0 saturated heterocycles.